The molecule has 6 heteroatoms. The normalized spacial score (nSPS) is 18.9. The molecule has 0 bridgehead atoms. The van der Waals surface area contributed by atoms with E-state index in [1.54, 1.807) is 18.2 Å². The van der Waals surface area contributed by atoms with Crippen LogP contribution in [0.5, 0.6) is 5.75 Å². The molecule has 1 atom stereocenters. The number of aliphatic hydroxyl groups excluding tert-OH is 1. The highest BCUT2D eigenvalue weighted by molar-refractivity contribution is 5.70. The second kappa shape index (κ2) is 6.76. The molecule has 0 amide bonds. The van der Waals surface area contributed by atoms with Gasteiger partial charge in [0.1, 0.15) is 5.69 Å². The number of anilines is 1. The zero-order chi connectivity index (χ0) is 15.4. The van der Waals surface area contributed by atoms with Crippen LogP contribution < -0.4 is 9.64 Å². The quantitative estimate of drug-likeness (QED) is 0.667. The van der Waals surface area contributed by atoms with E-state index in [-0.39, 0.29) is 30.2 Å². The molecule has 1 aromatic rings. The molecule has 6 nitrogen and oxygen atoms in total. The fourth-order valence-corrected chi connectivity index (χ4v) is 2.78. The summed E-state index contributed by atoms with van der Waals surface area (Å²) in [6.07, 6.45) is 2.73. The zero-order valence-corrected chi connectivity index (χ0v) is 12.5. The van der Waals surface area contributed by atoms with Gasteiger partial charge in [0.15, 0.2) is 5.75 Å². The van der Waals surface area contributed by atoms with Crippen LogP contribution in [0, 0.1) is 10.1 Å². The Morgan fingerprint density at radius 3 is 2.86 bits per heavy atom. The molecule has 1 fully saturated rings. The summed E-state index contributed by atoms with van der Waals surface area (Å²) in [4.78, 5) is 13.0. The molecular formula is C15H22N2O4. The largest absolute Gasteiger partial charge is 0.484 e. The van der Waals surface area contributed by atoms with Crippen LogP contribution in [-0.2, 0) is 0 Å². The number of nitrogens with zero attached hydrogens (tertiary/aromatic N) is 2. The van der Waals surface area contributed by atoms with Gasteiger partial charge in [-0.2, -0.15) is 0 Å². The Labute approximate surface area is 124 Å². The topological polar surface area (TPSA) is 75.8 Å². The summed E-state index contributed by atoms with van der Waals surface area (Å²) in [5.41, 5.74) is 0.531. The molecule has 1 N–H and O–H groups in total. The SMILES string of the molecule is CC(C)Oc1cccc(N2CCCCC2CO)c1[N+](=O)[O-]. The Bertz CT molecular complexity index is 504. The molecule has 0 aromatic heterocycles. The zero-order valence-electron chi connectivity index (χ0n) is 12.5. The van der Waals surface area contributed by atoms with E-state index < -0.39 is 4.92 Å². The van der Waals surface area contributed by atoms with E-state index in [9.17, 15) is 15.2 Å². The number of nitro groups is 1. The Balaban J connectivity index is 2.44. The number of piperidine rings is 1. The van der Waals surface area contributed by atoms with E-state index >= 15 is 0 Å². The summed E-state index contributed by atoms with van der Waals surface area (Å²) < 4.78 is 5.58. The molecule has 1 heterocycles. The van der Waals surface area contributed by atoms with Gasteiger partial charge >= 0.3 is 5.69 Å². The van der Waals surface area contributed by atoms with Gasteiger partial charge in [-0.15, -0.1) is 0 Å². The molecule has 1 unspecified atom stereocenters. The molecule has 0 spiro atoms. The lowest BCUT2D eigenvalue weighted by molar-refractivity contribution is -0.385. The molecule has 2 rings (SSSR count). The van der Waals surface area contributed by atoms with Crippen LogP contribution in [0.15, 0.2) is 18.2 Å². The second-order valence-corrected chi connectivity index (χ2v) is 5.57. The van der Waals surface area contributed by atoms with Crippen molar-refractivity contribution in [2.45, 2.75) is 45.3 Å². The highest BCUT2D eigenvalue weighted by Crippen LogP contribution is 2.39. The number of hydrogen-bond acceptors (Lipinski definition) is 5. The third-order valence-corrected chi connectivity index (χ3v) is 3.67. The van der Waals surface area contributed by atoms with E-state index in [2.05, 4.69) is 0 Å². The predicted octanol–water partition coefficient (Wildman–Crippen LogP) is 2.73. The number of para-hydroxylation sites is 1. The fraction of sp³-hybridized carbons (Fsp3) is 0.600. The Morgan fingerprint density at radius 1 is 1.48 bits per heavy atom. The molecular weight excluding hydrogens is 272 g/mol. The molecule has 0 saturated carbocycles. The number of rotatable bonds is 5. The van der Waals surface area contributed by atoms with Crippen molar-refractivity contribution in [3.8, 4) is 5.75 Å². The lowest BCUT2D eigenvalue weighted by Crippen LogP contribution is -2.42. The monoisotopic (exact) mass is 294 g/mol. The number of aliphatic hydroxyl groups is 1. The number of ether oxygens (including phenoxy) is 1. The Kier molecular flexibility index (Phi) is 5.01. The van der Waals surface area contributed by atoms with Gasteiger partial charge in [-0.25, -0.2) is 0 Å². The van der Waals surface area contributed by atoms with Gasteiger partial charge in [0, 0.05) is 6.54 Å². The van der Waals surface area contributed by atoms with Gasteiger partial charge in [0.2, 0.25) is 0 Å². The summed E-state index contributed by atoms with van der Waals surface area (Å²) in [5, 5.41) is 21.0. The smallest absolute Gasteiger partial charge is 0.333 e. The van der Waals surface area contributed by atoms with E-state index in [0.29, 0.717) is 5.69 Å². The minimum absolute atomic E-state index is 0.00637. The van der Waals surface area contributed by atoms with E-state index in [0.717, 1.165) is 25.8 Å². The van der Waals surface area contributed by atoms with Crippen LogP contribution in [0.3, 0.4) is 0 Å². The first kappa shape index (κ1) is 15.6. The van der Waals surface area contributed by atoms with E-state index in [1.165, 1.54) is 0 Å². The van der Waals surface area contributed by atoms with Crippen LogP contribution in [0.4, 0.5) is 11.4 Å². The van der Waals surface area contributed by atoms with Crippen LogP contribution in [0.1, 0.15) is 33.1 Å². The molecule has 0 radical (unpaired) electrons. The molecule has 1 aromatic carbocycles. The fourth-order valence-electron chi connectivity index (χ4n) is 2.78. The maximum atomic E-state index is 11.5. The molecule has 116 valence electrons. The number of benzene rings is 1. The highest BCUT2D eigenvalue weighted by Gasteiger charge is 2.30. The van der Waals surface area contributed by atoms with Gasteiger partial charge in [0.25, 0.3) is 0 Å². The third-order valence-electron chi connectivity index (χ3n) is 3.67. The minimum atomic E-state index is -0.393. The van der Waals surface area contributed by atoms with Crippen molar-refractivity contribution in [3.05, 3.63) is 28.3 Å². The van der Waals surface area contributed by atoms with Crippen LogP contribution in [0.25, 0.3) is 0 Å². The van der Waals surface area contributed by atoms with Gasteiger partial charge in [-0.3, -0.25) is 10.1 Å². The maximum absolute atomic E-state index is 11.5. The first-order valence-electron chi connectivity index (χ1n) is 7.36. The second-order valence-electron chi connectivity index (χ2n) is 5.57. The molecule has 1 saturated heterocycles. The van der Waals surface area contributed by atoms with Gasteiger partial charge in [-0.1, -0.05) is 6.07 Å². The summed E-state index contributed by atoms with van der Waals surface area (Å²) in [7, 11) is 0. The van der Waals surface area contributed by atoms with E-state index in [4.69, 9.17) is 4.74 Å². The number of nitro benzene ring substituents is 1. The summed E-state index contributed by atoms with van der Waals surface area (Å²) in [6, 6.07) is 5.06. The summed E-state index contributed by atoms with van der Waals surface area (Å²) in [6.45, 7) is 4.41. The predicted molar refractivity (Wildman–Crippen MR) is 80.9 cm³/mol. The average molecular weight is 294 g/mol. The summed E-state index contributed by atoms with van der Waals surface area (Å²) in [5.74, 6) is 0.287. The molecule has 1 aliphatic heterocycles. The average Bonchev–Trinajstić information content (AvgIpc) is 2.46. The van der Waals surface area contributed by atoms with Gasteiger partial charge < -0.3 is 14.7 Å². The van der Waals surface area contributed by atoms with Crippen molar-refractivity contribution < 1.29 is 14.8 Å². The maximum Gasteiger partial charge on any atom is 0.333 e. The van der Waals surface area contributed by atoms with Gasteiger partial charge in [0.05, 0.1) is 23.7 Å². The van der Waals surface area contributed by atoms with E-state index in [1.807, 2.05) is 18.7 Å². The first-order valence-corrected chi connectivity index (χ1v) is 7.36. The molecule has 0 aliphatic carbocycles. The first-order chi connectivity index (χ1) is 10.0. The third kappa shape index (κ3) is 3.44. The van der Waals surface area contributed by atoms with Crippen molar-refractivity contribution in [3.63, 3.8) is 0 Å². The standard InChI is InChI=1S/C15H22N2O4/c1-11(2)21-14-8-5-7-13(15(14)17(19)20)16-9-4-3-6-12(16)10-18/h5,7-8,11-12,18H,3-4,6,9-10H2,1-2H3. The summed E-state index contributed by atoms with van der Waals surface area (Å²) >= 11 is 0. The van der Waals surface area contributed by atoms with Crippen molar-refractivity contribution in [2.75, 3.05) is 18.1 Å². The van der Waals surface area contributed by atoms with Crippen LogP contribution in [0.2, 0.25) is 0 Å². The van der Waals surface area contributed by atoms with Crippen molar-refractivity contribution in [1.82, 2.24) is 0 Å². The number of hydrogen-bond donors (Lipinski definition) is 1. The van der Waals surface area contributed by atoms with Crippen LogP contribution in [-0.4, -0.2) is 35.3 Å². The van der Waals surface area contributed by atoms with Crippen LogP contribution >= 0.6 is 0 Å². The lowest BCUT2D eigenvalue weighted by Gasteiger charge is -2.36. The minimum Gasteiger partial charge on any atom is -0.484 e. The molecule has 21 heavy (non-hydrogen) atoms. The van der Waals surface area contributed by atoms with Gasteiger partial charge in [-0.05, 0) is 45.2 Å². The highest BCUT2D eigenvalue weighted by atomic mass is 16.6. The Hall–Kier alpha value is -1.82. The lowest BCUT2D eigenvalue weighted by atomic mass is 10.0. The van der Waals surface area contributed by atoms with Crippen molar-refractivity contribution >= 4 is 11.4 Å². The Morgan fingerprint density at radius 2 is 2.24 bits per heavy atom. The molecule has 1 aliphatic rings. The van der Waals surface area contributed by atoms with Crippen molar-refractivity contribution in [2.24, 2.45) is 0 Å². The van der Waals surface area contributed by atoms with Crippen molar-refractivity contribution in [1.29, 1.82) is 0 Å².